The second-order valence-corrected chi connectivity index (χ2v) is 3.59. The quantitative estimate of drug-likeness (QED) is 0.576. The van der Waals surface area contributed by atoms with Crippen LogP contribution in [0.2, 0.25) is 0 Å². The summed E-state index contributed by atoms with van der Waals surface area (Å²) in [7, 11) is 0. The van der Waals surface area contributed by atoms with Gasteiger partial charge in [0.15, 0.2) is 0 Å². The van der Waals surface area contributed by atoms with Gasteiger partial charge in [-0.25, -0.2) is 0 Å². The molecule has 2 saturated heterocycles. The molecular weight excluding hydrogens is 154 g/mol. The minimum absolute atomic E-state index is 0.170. The lowest BCUT2D eigenvalue weighted by Gasteiger charge is -2.18. The zero-order valence-corrected chi connectivity index (χ0v) is 7.29. The molecular formula is C9H15NO2. The van der Waals surface area contributed by atoms with Crippen LogP contribution in [0.15, 0.2) is 0 Å². The van der Waals surface area contributed by atoms with E-state index in [9.17, 15) is 4.79 Å². The van der Waals surface area contributed by atoms with E-state index < -0.39 is 0 Å². The van der Waals surface area contributed by atoms with Crippen molar-refractivity contribution in [1.82, 2.24) is 4.90 Å². The summed E-state index contributed by atoms with van der Waals surface area (Å²) in [5, 5.41) is 0. The van der Waals surface area contributed by atoms with Crippen LogP contribution in [0, 0.1) is 5.92 Å². The molecule has 2 aliphatic heterocycles. The maximum Gasteiger partial charge on any atom is 0.228 e. The van der Waals surface area contributed by atoms with Gasteiger partial charge in [0.2, 0.25) is 5.91 Å². The number of amides is 1. The highest BCUT2D eigenvalue weighted by molar-refractivity contribution is 5.79. The van der Waals surface area contributed by atoms with Crippen molar-refractivity contribution in [3.8, 4) is 0 Å². The lowest BCUT2D eigenvalue weighted by atomic mass is 10.1. The molecule has 2 heterocycles. The van der Waals surface area contributed by atoms with Crippen molar-refractivity contribution in [3.05, 3.63) is 0 Å². The third-order valence-corrected chi connectivity index (χ3v) is 2.70. The molecule has 0 spiro atoms. The van der Waals surface area contributed by atoms with E-state index in [0.29, 0.717) is 12.5 Å². The van der Waals surface area contributed by atoms with Gasteiger partial charge in [-0.05, 0) is 19.3 Å². The Morgan fingerprint density at radius 3 is 2.67 bits per heavy atom. The first-order valence-corrected chi connectivity index (χ1v) is 4.74. The van der Waals surface area contributed by atoms with Crippen molar-refractivity contribution < 1.29 is 9.53 Å². The number of ether oxygens (including phenoxy) is 1. The molecule has 12 heavy (non-hydrogen) atoms. The fraction of sp³-hybridized carbons (Fsp3) is 0.889. The molecule has 1 amide bonds. The number of carbonyl (C=O) groups is 1. The van der Waals surface area contributed by atoms with Crippen molar-refractivity contribution in [1.29, 1.82) is 0 Å². The molecule has 1 unspecified atom stereocenters. The van der Waals surface area contributed by atoms with Gasteiger partial charge in [-0.1, -0.05) is 0 Å². The van der Waals surface area contributed by atoms with E-state index in [1.807, 2.05) is 4.90 Å². The molecule has 0 aromatic rings. The molecule has 0 bridgehead atoms. The predicted molar refractivity (Wildman–Crippen MR) is 44.7 cm³/mol. The number of hydrogen-bond donors (Lipinski definition) is 0. The lowest BCUT2D eigenvalue weighted by Crippen LogP contribution is -2.33. The molecule has 0 N–H and O–H groups in total. The molecule has 3 nitrogen and oxygen atoms in total. The third-order valence-electron chi connectivity index (χ3n) is 2.70. The standard InChI is InChI=1S/C9H15NO2/c11-9(8-3-6-12-7-8)10-4-1-2-5-10/h8H,1-7H2. The van der Waals surface area contributed by atoms with E-state index in [1.165, 1.54) is 12.8 Å². The molecule has 1 atom stereocenters. The van der Waals surface area contributed by atoms with E-state index in [0.717, 1.165) is 26.1 Å². The van der Waals surface area contributed by atoms with Gasteiger partial charge in [-0.2, -0.15) is 0 Å². The van der Waals surface area contributed by atoms with Gasteiger partial charge in [0.25, 0.3) is 0 Å². The smallest absolute Gasteiger partial charge is 0.228 e. The monoisotopic (exact) mass is 169 g/mol. The van der Waals surface area contributed by atoms with Crippen LogP contribution in [-0.2, 0) is 9.53 Å². The van der Waals surface area contributed by atoms with Gasteiger partial charge in [0.05, 0.1) is 12.5 Å². The normalized spacial score (nSPS) is 29.7. The van der Waals surface area contributed by atoms with Crippen molar-refractivity contribution in [2.24, 2.45) is 5.92 Å². The van der Waals surface area contributed by atoms with Crippen LogP contribution in [0.25, 0.3) is 0 Å². The summed E-state index contributed by atoms with van der Waals surface area (Å²) < 4.78 is 5.19. The van der Waals surface area contributed by atoms with Crippen molar-refractivity contribution in [3.63, 3.8) is 0 Å². The van der Waals surface area contributed by atoms with E-state index in [2.05, 4.69) is 0 Å². The Morgan fingerprint density at radius 1 is 1.33 bits per heavy atom. The Morgan fingerprint density at radius 2 is 2.08 bits per heavy atom. The van der Waals surface area contributed by atoms with Crippen molar-refractivity contribution in [2.45, 2.75) is 19.3 Å². The van der Waals surface area contributed by atoms with Gasteiger partial charge in [0, 0.05) is 19.7 Å². The summed E-state index contributed by atoms with van der Waals surface area (Å²) in [6, 6.07) is 0. The Kier molecular flexibility index (Phi) is 2.30. The largest absolute Gasteiger partial charge is 0.381 e. The van der Waals surface area contributed by atoms with Crippen molar-refractivity contribution in [2.75, 3.05) is 26.3 Å². The van der Waals surface area contributed by atoms with Crippen molar-refractivity contribution >= 4 is 5.91 Å². The topological polar surface area (TPSA) is 29.5 Å². The zero-order chi connectivity index (χ0) is 8.39. The third kappa shape index (κ3) is 1.46. The van der Waals surface area contributed by atoms with Crippen LogP contribution in [-0.4, -0.2) is 37.1 Å². The summed E-state index contributed by atoms with van der Waals surface area (Å²) >= 11 is 0. The summed E-state index contributed by atoms with van der Waals surface area (Å²) in [5.41, 5.74) is 0. The molecule has 0 aliphatic carbocycles. The number of carbonyl (C=O) groups excluding carboxylic acids is 1. The van der Waals surface area contributed by atoms with E-state index in [1.54, 1.807) is 0 Å². The van der Waals surface area contributed by atoms with E-state index in [4.69, 9.17) is 4.74 Å². The van der Waals surface area contributed by atoms with Crippen LogP contribution >= 0.6 is 0 Å². The van der Waals surface area contributed by atoms with Crippen LogP contribution in [0.5, 0.6) is 0 Å². The number of hydrogen-bond acceptors (Lipinski definition) is 2. The summed E-state index contributed by atoms with van der Waals surface area (Å²) in [6.07, 6.45) is 3.29. The Balaban J connectivity index is 1.89. The Labute approximate surface area is 72.7 Å². The second-order valence-electron chi connectivity index (χ2n) is 3.59. The molecule has 68 valence electrons. The summed E-state index contributed by atoms with van der Waals surface area (Å²) in [4.78, 5) is 13.7. The average molecular weight is 169 g/mol. The van der Waals surface area contributed by atoms with Gasteiger partial charge < -0.3 is 9.64 Å². The molecule has 2 aliphatic rings. The fourth-order valence-corrected chi connectivity index (χ4v) is 1.92. The van der Waals surface area contributed by atoms with Crippen LogP contribution < -0.4 is 0 Å². The predicted octanol–water partition coefficient (Wildman–Crippen LogP) is 0.645. The van der Waals surface area contributed by atoms with Crippen LogP contribution in [0.1, 0.15) is 19.3 Å². The SMILES string of the molecule is O=C(C1CCOC1)N1CCCC1. The second kappa shape index (κ2) is 3.44. The fourth-order valence-electron chi connectivity index (χ4n) is 1.92. The number of rotatable bonds is 1. The first-order chi connectivity index (χ1) is 5.88. The molecule has 0 saturated carbocycles. The van der Waals surface area contributed by atoms with Gasteiger partial charge in [-0.3, -0.25) is 4.79 Å². The summed E-state index contributed by atoms with van der Waals surface area (Å²) in [6.45, 7) is 3.35. The minimum atomic E-state index is 0.170. The maximum absolute atomic E-state index is 11.7. The molecule has 3 heteroatoms. The number of likely N-dealkylation sites (tertiary alicyclic amines) is 1. The van der Waals surface area contributed by atoms with Crippen LogP contribution in [0.3, 0.4) is 0 Å². The van der Waals surface area contributed by atoms with Gasteiger partial charge in [-0.15, -0.1) is 0 Å². The first-order valence-electron chi connectivity index (χ1n) is 4.74. The minimum Gasteiger partial charge on any atom is -0.381 e. The number of nitrogens with zero attached hydrogens (tertiary/aromatic N) is 1. The highest BCUT2D eigenvalue weighted by Gasteiger charge is 2.29. The lowest BCUT2D eigenvalue weighted by molar-refractivity contribution is -0.134. The molecule has 0 radical (unpaired) electrons. The molecule has 2 fully saturated rings. The highest BCUT2D eigenvalue weighted by Crippen LogP contribution is 2.18. The zero-order valence-electron chi connectivity index (χ0n) is 7.29. The molecule has 2 rings (SSSR count). The Hall–Kier alpha value is -0.570. The first kappa shape index (κ1) is 8.05. The van der Waals surface area contributed by atoms with E-state index >= 15 is 0 Å². The van der Waals surface area contributed by atoms with E-state index in [-0.39, 0.29) is 5.92 Å². The van der Waals surface area contributed by atoms with Gasteiger partial charge >= 0.3 is 0 Å². The average Bonchev–Trinajstić information content (AvgIpc) is 2.77. The molecule has 0 aromatic carbocycles. The summed E-state index contributed by atoms with van der Waals surface area (Å²) in [5.74, 6) is 0.494. The maximum atomic E-state index is 11.7. The highest BCUT2D eigenvalue weighted by atomic mass is 16.5. The van der Waals surface area contributed by atoms with Crippen LogP contribution in [0.4, 0.5) is 0 Å². The Bertz CT molecular complexity index is 151. The molecule has 0 aromatic heterocycles. The van der Waals surface area contributed by atoms with Gasteiger partial charge in [0.1, 0.15) is 0 Å².